The third kappa shape index (κ3) is 4.62. The molecule has 24 heavy (non-hydrogen) atoms. The zero-order valence-electron chi connectivity index (χ0n) is 13.2. The van der Waals surface area contributed by atoms with Crippen molar-refractivity contribution in [2.45, 2.75) is 32.0 Å². The van der Waals surface area contributed by atoms with Gasteiger partial charge in [-0.1, -0.05) is 6.07 Å². The number of hydrogen-bond acceptors (Lipinski definition) is 3. The summed E-state index contributed by atoms with van der Waals surface area (Å²) in [6.07, 6.45) is -3.56. The molecule has 1 aliphatic heterocycles. The average molecular weight is 344 g/mol. The average Bonchev–Trinajstić information content (AvgIpc) is 3.01. The molecule has 1 heterocycles. The van der Waals surface area contributed by atoms with Gasteiger partial charge in [-0.3, -0.25) is 9.59 Å². The standard InChI is InChI=1S/C16H19F3N2O3/c1-2-24-12-6-3-5-11(9-12)15(23)21-8-4-7-13(21)14(22)20-10-16(17,18)19/h3,5-6,9,13H,2,4,7-8,10H2,1H3,(H,20,22). The number of benzene rings is 1. The maximum Gasteiger partial charge on any atom is 0.405 e. The molecule has 1 N–H and O–H groups in total. The van der Waals surface area contributed by atoms with E-state index in [9.17, 15) is 22.8 Å². The van der Waals surface area contributed by atoms with Gasteiger partial charge in [0.2, 0.25) is 5.91 Å². The molecule has 132 valence electrons. The molecule has 1 unspecified atom stereocenters. The van der Waals surface area contributed by atoms with Crippen LogP contribution in [-0.4, -0.2) is 48.6 Å². The SMILES string of the molecule is CCOc1cccc(C(=O)N2CCCC2C(=O)NCC(F)(F)F)c1. The molecule has 1 atom stereocenters. The van der Waals surface area contributed by atoms with E-state index >= 15 is 0 Å². The van der Waals surface area contributed by atoms with E-state index in [4.69, 9.17) is 4.74 Å². The highest BCUT2D eigenvalue weighted by molar-refractivity contribution is 5.98. The summed E-state index contributed by atoms with van der Waals surface area (Å²) in [5.41, 5.74) is 0.344. The van der Waals surface area contributed by atoms with Crippen molar-refractivity contribution in [3.63, 3.8) is 0 Å². The molecule has 0 aliphatic carbocycles. The van der Waals surface area contributed by atoms with E-state index in [1.807, 2.05) is 12.2 Å². The normalized spacial score (nSPS) is 17.7. The molecule has 1 aromatic rings. The Bertz CT molecular complexity index is 604. The second-order valence-electron chi connectivity index (χ2n) is 5.45. The molecule has 1 saturated heterocycles. The van der Waals surface area contributed by atoms with Gasteiger partial charge in [0.1, 0.15) is 18.3 Å². The predicted molar refractivity (Wildman–Crippen MR) is 80.7 cm³/mol. The summed E-state index contributed by atoms with van der Waals surface area (Å²) >= 11 is 0. The molecular weight excluding hydrogens is 325 g/mol. The summed E-state index contributed by atoms with van der Waals surface area (Å²) in [7, 11) is 0. The van der Waals surface area contributed by atoms with Gasteiger partial charge in [0, 0.05) is 12.1 Å². The first-order valence-corrected chi connectivity index (χ1v) is 7.70. The summed E-state index contributed by atoms with van der Waals surface area (Å²) in [6.45, 7) is 1.20. The Morgan fingerprint density at radius 2 is 2.12 bits per heavy atom. The van der Waals surface area contributed by atoms with E-state index < -0.39 is 24.7 Å². The van der Waals surface area contributed by atoms with Crippen LogP contribution in [0, 0.1) is 0 Å². The van der Waals surface area contributed by atoms with Gasteiger partial charge in [-0.25, -0.2) is 0 Å². The first kappa shape index (κ1) is 18.1. The third-order valence-electron chi connectivity index (χ3n) is 3.67. The van der Waals surface area contributed by atoms with E-state index in [0.717, 1.165) is 0 Å². The van der Waals surface area contributed by atoms with Crippen LogP contribution in [0.4, 0.5) is 13.2 Å². The van der Waals surface area contributed by atoms with Crippen LogP contribution >= 0.6 is 0 Å². The molecule has 2 rings (SSSR count). The van der Waals surface area contributed by atoms with Gasteiger partial charge in [0.25, 0.3) is 5.91 Å². The lowest BCUT2D eigenvalue weighted by Crippen LogP contribution is -2.48. The van der Waals surface area contributed by atoms with Gasteiger partial charge in [0.05, 0.1) is 6.61 Å². The minimum absolute atomic E-state index is 0.335. The number of nitrogens with one attached hydrogen (secondary N) is 1. The lowest BCUT2D eigenvalue weighted by atomic mass is 10.1. The van der Waals surface area contributed by atoms with Crippen molar-refractivity contribution in [2.24, 2.45) is 0 Å². The number of halogens is 3. The number of carbonyl (C=O) groups excluding carboxylic acids is 2. The summed E-state index contributed by atoms with van der Waals surface area (Å²) < 4.78 is 42.0. The minimum atomic E-state index is -4.48. The number of rotatable bonds is 5. The van der Waals surface area contributed by atoms with Gasteiger partial charge >= 0.3 is 6.18 Å². The van der Waals surface area contributed by atoms with Crippen molar-refractivity contribution < 1.29 is 27.5 Å². The molecule has 1 aromatic carbocycles. The maximum absolute atomic E-state index is 12.6. The third-order valence-corrected chi connectivity index (χ3v) is 3.67. The fourth-order valence-electron chi connectivity index (χ4n) is 2.64. The molecule has 0 saturated carbocycles. The van der Waals surface area contributed by atoms with Crippen molar-refractivity contribution >= 4 is 11.8 Å². The Hall–Kier alpha value is -2.25. The molecule has 0 spiro atoms. The molecule has 0 bridgehead atoms. The van der Waals surface area contributed by atoms with E-state index in [-0.39, 0.29) is 5.91 Å². The Balaban J connectivity index is 2.07. The highest BCUT2D eigenvalue weighted by Crippen LogP contribution is 2.23. The van der Waals surface area contributed by atoms with E-state index in [1.54, 1.807) is 24.3 Å². The van der Waals surface area contributed by atoms with Gasteiger partial charge in [-0.05, 0) is 38.0 Å². The van der Waals surface area contributed by atoms with Crippen LogP contribution in [0.3, 0.4) is 0 Å². The Morgan fingerprint density at radius 3 is 2.79 bits per heavy atom. The quantitative estimate of drug-likeness (QED) is 0.892. The fraction of sp³-hybridized carbons (Fsp3) is 0.500. The van der Waals surface area contributed by atoms with Crippen LogP contribution < -0.4 is 10.1 Å². The molecule has 0 aromatic heterocycles. The lowest BCUT2D eigenvalue weighted by Gasteiger charge is -2.24. The van der Waals surface area contributed by atoms with Gasteiger partial charge in [-0.15, -0.1) is 0 Å². The van der Waals surface area contributed by atoms with Crippen LogP contribution in [0.25, 0.3) is 0 Å². The summed E-state index contributed by atoms with van der Waals surface area (Å²) in [5, 5.41) is 1.85. The Kier molecular flexibility index (Phi) is 5.69. The zero-order valence-corrected chi connectivity index (χ0v) is 13.2. The molecule has 8 heteroatoms. The summed E-state index contributed by atoms with van der Waals surface area (Å²) in [6, 6.07) is 5.64. The zero-order chi connectivity index (χ0) is 17.7. The van der Waals surface area contributed by atoms with Crippen molar-refractivity contribution in [2.75, 3.05) is 19.7 Å². The molecular formula is C16H19F3N2O3. The van der Waals surface area contributed by atoms with E-state index in [0.29, 0.717) is 37.3 Å². The summed E-state index contributed by atoms with van der Waals surface area (Å²) in [5.74, 6) is -0.638. The number of carbonyl (C=O) groups is 2. The maximum atomic E-state index is 12.6. The van der Waals surface area contributed by atoms with Crippen molar-refractivity contribution in [3.8, 4) is 5.75 Å². The van der Waals surface area contributed by atoms with Gasteiger partial charge in [0.15, 0.2) is 0 Å². The van der Waals surface area contributed by atoms with Crippen molar-refractivity contribution in [1.82, 2.24) is 10.2 Å². The topological polar surface area (TPSA) is 58.6 Å². The van der Waals surface area contributed by atoms with Crippen LogP contribution in [0.1, 0.15) is 30.1 Å². The van der Waals surface area contributed by atoms with E-state index in [1.165, 1.54) is 4.90 Å². The predicted octanol–water partition coefficient (Wildman–Crippen LogP) is 2.37. The lowest BCUT2D eigenvalue weighted by molar-refractivity contribution is -0.140. The molecule has 5 nitrogen and oxygen atoms in total. The number of hydrogen-bond donors (Lipinski definition) is 1. The minimum Gasteiger partial charge on any atom is -0.494 e. The highest BCUT2D eigenvalue weighted by Gasteiger charge is 2.36. The smallest absolute Gasteiger partial charge is 0.405 e. The highest BCUT2D eigenvalue weighted by atomic mass is 19.4. The molecule has 1 aliphatic rings. The van der Waals surface area contributed by atoms with Crippen molar-refractivity contribution in [3.05, 3.63) is 29.8 Å². The number of likely N-dealkylation sites (tertiary alicyclic amines) is 1. The fourth-order valence-corrected chi connectivity index (χ4v) is 2.64. The van der Waals surface area contributed by atoms with Gasteiger partial charge in [-0.2, -0.15) is 13.2 Å². The monoisotopic (exact) mass is 344 g/mol. The molecule has 0 radical (unpaired) electrons. The second kappa shape index (κ2) is 7.55. The van der Waals surface area contributed by atoms with Crippen molar-refractivity contribution in [1.29, 1.82) is 0 Å². The van der Waals surface area contributed by atoms with Crippen LogP contribution in [0.5, 0.6) is 5.75 Å². The Morgan fingerprint density at radius 1 is 1.38 bits per heavy atom. The second-order valence-corrected chi connectivity index (χ2v) is 5.45. The number of ether oxygens (including phenoxy) is 1. The number of nitrogens with zero attached hydrogens (tertiary/aromatic N) is 1. The van der Waals surface area contributed by atoms with E-state index in [2.05, 4.69) is 0 Å². The molecule has 1 fully saturated rings. The van der Waals surface area contributed by atoms with Crippen LogP contribution in [-0.2, 0) is 4.79 Å². The largest absolute Gasteiger partial charge is 0.494 e. The summed E-state index contributed by atoms with van der Waals surface area (Å²) in [4.78, 5) is 25.9. The van der Waals surface area contributed by atoms with Crippen LogP contribution in [0.2, 0.25) is 0 Å². The first-order valence-electron chi connectivity index (χ1n) is 7.70. The number of alkyl halides is 3. The Labute approximate surface area is 137 Å². The first-order chi connectivity index (χ1) is 11.3. The number of amides is 2. The molecule has 2 amide bonds. The van der Waals surface area contributed by atoms with Crippen LogP contribution in [0.15, 0.2) is 24.3 Å². The van der Waals surface area contributed by atoms with Gasteiger partial charge < -0.3 is 15.0 Å².